The summed E-state index contributed by atoms with van der Waals surface area (Å²) in [6.07, 6.45) is 2.70. The summed E-state index contributed by atoms with van der Waals surface area (Å²) in [6.45, 7) is 10.0. The van der Waals surface area contributed by atoms with Gasteiger partial charge in [-0.15, -0.1) is 0 Å². The number of carbonyl (C=O) groups is 3. The molecule has 3 amide bonds. The molecular formula is C24H34N4O3. The number of rotatable bonds is 7. The molecule has 1 saturated heterocycles. The normalized spacial score (nSPS) is 24.4. The average Bonchev–Trinajstić information content (AvgIpc) is 3.34. The first-order valence-corrected chi connectivity index (χ1v) is 11.1. The molecule has 0 radical (unpaired) electrons. The summed E-state index contributed by atoms with van der Waals surface area (Å²) in [4.78, 5) is 40.3. The zero-order valence-electron chi connectivity index (χ0n) is 18.6. The Labute approximate surface area is 184 Å². The van der Waals surface area contributed by atoms with Crippen LogP contribution in [0.1, 0.15) is 45.6 Å². The second kappa shape index (κ2) is 9.64. The molecule has 1 aromatic carbocycles. The number of likely N-dealkylation sites (tertiary alicyclic amines) is 1. The van der Waals surface area contributed by atoms with Crippen molar-refractivity contribution in [3.8, 4) is 0 Å². The summed E-state index contributed by atoms with van der Waals surface area (Å²) >= 11 is 0. The minimum Gasteiger partial charge on any atom is -0.347 e. The first kappa shape index (κ1) is 23.0. The number of nitrogens with two attached hydrogens (primary N) is 1. The average molecular weight is 427 g/mol. The molecule has 2 fully saturated rings. The van der Waals surface area contributed by atoms with Crippen LogP contribution in [0.4, 0.5) is 0 Å². The van der Waals surface area contributed by atoms with Gasteiger partial charge in [0, 0.05) is 18.2 Å². The van der Waals surface area contributed by atoms with Crippen LogP contribution in [-0.2, 0) is 14.4 Å². The fourth-order valence-corrected chi connectivity index (χ4v) is 4.72. The lowest BCUT2D eigenvalue weighted by molar-refractivity contribution is -0.139. The van der Waals surface area contributed by atoms with Crippen LogP contribution in [0.25, 0.3) is 5.57 Å². The minimum absolute atomic E-state index is 0.0616. The monoisotopic (exact) mass is 426 g/mol. The summed E-state index contributed by atoms with van der Waals surface area (Å²) in [6, 6.07) is 7.87. The fraction of sp³-hybridized carbons (Fsp3) is 0.542. The highest BCUT2D eigenvalue weighted by molar-refractivity contribution is 6.18. The van der Waals surface area contributed by atoms with Crippen molar-refractivity contribution in [1.29, 1.82) is 0 Å². The van der Waals surface area contributed by atoms with E-state index in [2.05, 4.69) is 17.2 Å². The first-order chi connectivity index (χ1) is 14.7. The molecule has 7 nitrogen and oxygen atoms in total. The van der Waals surface area contributed by atoms with Crippen LogP contribution in [0.2, 0.25) is 0 Å². The number of nitrogens with zero attached hydrogens (tertiary/aromatic N) is 1. The van der Waals surface area contributed by atoms with Crippen molar-refractivity contribution < 1.29 is 14.4 Å². The van der Waals surface area contributed by atoms with E-state index >= 15 is 0 Å². The third kappa shape index (κ3) is 4.98. The van der Waals surface area contributed by atoms with Crippen molar-refractivity contribution in [3.05, 3.63) is 42.5 Å². The van der Waals surface area contributed by atoms with Crippen LogP contribution in [0.3, 0.4) is 0 Å². The summed E-state index contributed by atoms with van der Waals surface area (Å²) in [5.41, 5.74) is 6.89. The summed E-state index contributed by atoms with van der Waals surface area (Å²) in [5.74, 6) is -0.350. The SMILES string of the molecule is C=C(C(=O)NC1CCC2CCN(C(=O)C(NC(=O)[C@H](C)N)C(C)C)C21)c1ccccc1. The highest BCUT2D eigenvalue weighted by Gasteiger charge is 2.48. The van der Waals surface area contributed by atoms with E-state index in [1.165, 1.54) is 0 Å². The molecule has 7 heteroatoms. The number of hydrogen-bond acceptors (Lipinski definition) is 4. The third-order valence-electron chi connectivity index (χ3n) is 6.48. The quantitative estimate of drug-likeness (QED) is 0.577. The van der Waals surface area contributed by atoms with E-state index in [-0.39, 0.29) is 35.7 Å². The van der Waals surface area contributed by atoms with Gasteiger partial charge in [0.25, 0.3) is 5.91 Å². The number of fused-ring (bicyclic) bond motifs is 1. The molecule has 31 heavy (non-hydrogen) atoms. The van der Waals surface area contributed by atoms with Gasteiger partial charge in [-0.3, -0.25) is 14.4 Å². The molecule has 2 aliphatic rings. The summed E-state index contributed by atoms with van der Waals surface area (Å²) in [5, 5.41) is 5.93. The van der Waals surface area contributed by atoms with Crippen LogP contribution in [0.15, 0.2) is 36.9 Å². The Hall–Kier alpha value is -2.67. The molecular weight excluding hydrogens is 392 g/mol. The van der Waals surface area contributed by atoms with Gasteiger partial charge in [-0.2, -0.15) is 0 Å². The molecule has 1 aromatic rings. The summed E-state index contributed by atoms with van der Waals surface area (Å²) in [7, 11) is 0. The van der Waals surface area contributed by atoms with Crippen molar-refractivity contribution in [3.63, 3.8) is 0 Å². The number of hydrogen-bond donors (Lipinski definition) is 3. The van der Waals surface area contributed by atoms with Crippen molar-refractivity contribution in [1.82, 2.24) is 15.5 Å². The highest BCUT2D eigenvalue weighted by atomic mass is 16.2. The molecule has 1 aliphatic heterocycles. The van der Waals surface area contributed by atoms with E-state index in [9.17, 15) is 14.4 Å². The van der Waals surface area contributed by atoms with Crippen LogP contribution < -0.4 is 16.4 Å². The molecule has 0 spiro atoms. The van der Waals surface area contributed by atoms with E-state index in [0.717, 1.165) is 24.8 Å². The topological polar surface area (TPSA) is 105 Å². The fourth-order valence-electron chi connectivity index (χ4n) is 4.72. The Morgan fingerprint density at radius 1 is 1.10 bits per heavy atom. The van der Waals surface area contributed by atoms with Gasteiger partial charge < -0.3 is 21.3 Å². The van der Waals surface area contributed by atoms with Crippen LogP contribution >= 0.6 is 0 Å². The maximum atomic E-state index is 13.4. The Balaban J connectivity index is 1.72. The first-order valence-electron chi connectivity index (χ1n) is 11.1. The largest absolute Gasteiger partial charge is 0.347 e. The van der Waals surface area contributed by atoms with Gasteiger partial charge in [0.2, 0.25) is 11.8 Å². The lowest BCUT2D eigenvalue weighted by Gasteiger charge is -2.34. The number of carbonyl (C=O) groups excluding carboxylic acids is 3. The number of nitrogens with one attached hydrogen (secondary N) is 2. The van der Waals surface area contributed by atoms with Crippen LogP contribution in [-0.4, -0.2) is 53.3 Å². The van der Waals surface area contributed by atoms with Gasteiger partial charge in [0.05, 0.1) is 12.1 Å². The number of benzene rings is 1. The Morgan fingerprint density at radius 2 is 1.77 bits per heavy atom. The summed E-state index contributed by atoms with van der Waals surface area (Å²) < 4.78 is 0. The molecule has 0 aromatic heterocycles. The van der Waals surface area contributed by atoms with Gasteiger partial charge in [0.15, 0.2) is 0 Å². The smallest absolute Gasteiger partial charge is 0.251 e. The van der Waals surface area contributed by atoms with Gasteiger partial charge in [0.1, 0.15) is 6.04 Å². The molecule has 1 saturated carbocycles. The Kier molecular flexibility index (Phi) is 7.15. The van der Waals surface area contributed by atoms with E-state index < -0.39 is 12.1 Å². The molecule has 1 heterocycles. The molecule has 3 rings (SSSR count). The molecule has 0 bridgehead atoms. The predicted molar refractivity (Wildman–Crippen MR) is 121 cm³/mol. The molecule has 5 atom stereocenters. The van der Waals surface area contributed by atoms with Crippen molar-refractivity contribution in [2.24, 2.45) is 17.6 Å². The molecule has 4 unspecified atom stereocenters. The number of amides is 3. The molecule has 168 valence electrons. The van der Waals surface area contributed by atoms with E-state index in [1.807, 2.05) is 49.1 Å². The second-order valence-corrected chi connectivity index (χ2v) is 9.09. The lowest BCUT2D eigenvalue weighted by atomic mass is 9.99. The lowest BCUT2D eigenvalue weighted by Crippen LogP contribution is -2.58. The van der Waals surface area contributed by atoms with E-state index in [0.29, 0.717) is 18.0 Å². The zero-order valence-corrected chi connectivity index (χ0v) is 18.6. The van der Waals surface area contributed by atoms with Gasteiger partial charge >= 0.3 is 0 Å². The Morgan fingerprint density at radius 3 is 2.39 bits per heavy atom. The minimum atomic E-state index is -0.678. The third-order valence-corrected chi connectivity index (χ3v) is 6.48. The van der Waals surface area contributed by atoms with Crippen molar-refractivity contribution >= 4 is 23.3 Å². The van der Waals surface area contributed by atoms with Crippen LogP contribution in [0, 0.1) is 11.8 Å². The second-order valence-electron chi connectivity index (χ2n) is 9.09. The molecule has 1 aliphatic carbocycles. The van der Waals surface area contributed by atoms with Crippen molar-refractivity contribution in [2.75, 3.05) is 6.54 Å². The van der Waals surface area contributed by atoms with Gasteiger partial charge in [-0.05, 0) is 43.6 Å². The van der Waals surface area contributed by atoms with E-state index in [1.54, 1.807) is 6.92 Å². The zero-order chi connectivity index (χ0) is 22.7. The van der Waals surface area contributed by atoms with Crippen molar-refractivity contribution in [2.45, 2.75) is 64.2 Å². The highest BCUT2D eigenvalue weighted by Crippen LogP contribution is 2.39. The van der Waals surface area contributed by atoms with Gasteiger partial charge in [-0.25, -0.2) is 0 Å². The maximum absolute atomic E-state index is 13.4. The standard InChI is InChI=1S/C24H34N4O3/c1-14(2)20(27-23(30)16(4)25)24(31)28-13-12-18-10-11-19(21(18)28)26-22(29)15(3)17-8-6-5-7-9-17/h5-9,14,16,18-21H,3,10-13,25H2,1-2,4H3,(H,26,29)(H,27,30)/t16-,18?,19?,20?,21?/m0/s1. The molecule has 4 N–H and O–H groups in total. The van der Waals surface area contributed by atoms with Crippen LogP contribution in [0.5, 0.6) is 0 Å². The maximum Gasteiger partial charge on any atom is 0.251 e. The Bertz CT molecular complexity index is 836. The predicted octanol–water partition coefficient (Wildman–Crippen LogP) is 1.68. The van der Waals surface area contributed by atoms with Gasteiger partial charge in [-0.1, -0.05) is 50.8 Å². The van der Waals surface area contributed by atoms with E-state index in [4.69, 9.17) is 5.73 Å².